The van der Waals surface area contributed by atoms with E-state index in [2.05, 4.69) is 18.9 Å². The van der Waals surface area contributed by atoms with Gasteiger partial charge in [-0.15, -0.1) is 0 Å². The molecule has 3 heteroatoms. The summed E-state index contributed by atoms with van der Waals surface area (Å²) in [5, 5.41) is 9.18. The van der Waals surface area contributed by atoms with Gasteiger partial charge in [0.2, 0.25) is 0 Å². The van der Waals surface area contributed by atoms with Gasteiger partial charge in [-0.2, -0.15) is 0 Å². The fraction of sp³-hybridized carbons (Fsp3) is 0.588. The number of carboxylic acid groups (broad SMARTS) is 1. The molecule has 0 heterocycles. The highest BCUT2D eigenvalue weighted by atomic mass is 16.4. The third-order valence-corrected chi connectivity index (χ3v) is 4.63. The van der Waals surface area contributed by atoms with E-state index in [1.54, 1.807) is 12.1 Å². The van der Waals surface area contributed by atoms with E-state index >= 15 is 0 Å². The average molecular weight is 275 g/mol. The normalized spacial score (nSPS) is 16.9. The first-order valence-electron chi connectivity index (χ1n) is 7.59. The van der Waals surface area contributed by atoms with E-state index in [1.165, 1.54) is 25.7 Å². The Morgan fingerprint density at radius 3 is 2.70 bits per heavy atom. The molecule has 1 aliphatic carbocycles. The quantitative estimate of drug-likeness (QED) is 0.828. The Hall–Kier alpha value is -1.35. The number of hydrogen-bond donors (Lipinski definition) is 1. The van der Waals surface area contributed by atoms with Crippen molar-refractivity contribution < 1.29 is 9.90 Å². The lowest BCUT2D eigenvalue weighted by atomic mass is 9.81. The fourth-order valence-corrected chi connectivity index (χ4v) is 2.85. The Bertz CT molecular complexity index is 454. The van der Waals surface area contributed by atoms with Crippen molar-refractivity contribution in [2.24, 2.45) is 5.92 Å². The first kappa shape index (κ1) is 15.0. The maximum absolute atomic E-state index is 11.2. The van der Waals surface area contributed by atoms with Crippen molar-refractivity contribution in [1.29, 1.82) is 0 Å². The van der Waals surface area contributed by atoms with E-state index in [0.717, 1.165) is 24.4 Å². The number of nitrogens with zero attached hydrogens (tertiary/aromatic N) is 1. The van der Waals surface area contributed by atoms with Crippen LogP contribution in [0.1, 0.15) is 48.5 Å². The second-order valence-corrected chi connectivity index (χ2v) is 6.07. The molecule has 1 saturated carbocycles. The predicted octanol–water partition coefficient (Wildman–Crippen LogP) is 3.44. The second kappa shape index (κ2) is 6.89. The highest BCUT2D eigenvalue weighted by Crippen LogP contribution is 2.31. The van der Waals surface area contributed by atoms with Crippen molar-refractivity contribution in [3.8, 4) is 0 Å². The topological polar surface area (TPSA) is 40.5 Å². The van der Waals surface area contributed by atoms with Gasteiger partial charge < -0.3 is 10.0 Å². The Balaban J connectivity index is 1.86. The lowest BCUT2D eigenvalue weighted by Crippen LogP contribution is -2.34. The zero-order valence-electron chi connectivity index (χ0n) is 12.5. The van der Waals surface area contributed by atoms with Gasteiger partial charge >= 0.3 is 5.97 Å². The van der Waals surface area contributed by atoms with Gasteiger partial charge in [0, 0.05) is 12.6 Å². The van der Waals surface area contributed by atoms with Crippen LogP contribution in [0.2, 0.25) is 0 Å². The number of aromatic carboxylic acids is 1. The summed E-state index contributed by atoms with van der Waals surface area (Å²) in [5.41, 5.74) is 1.37. The van der Waals surface area contributed by atoms with Crippen LogP contribution >= 0.6 is 0 Å². The highest BCUT2D eigenvalue weighted by Gasteiger charge is 2.21. The molecule has 0 aliphatic heterocycles. The lowest BCUT2D eigenvalue weighted by molar-refractivity contribution is 0.0695. The number of hydrogen-bond acceptors (Lipinski definition) is 2. The molecule has 0 saturated heterocycles. The predicted molar refractivity (Wildman–Crippen MR) is 81.2 cm³/mol. The zero-order valence-corrected chi connectivity index (χ0v) is 12.5. The van der Waals surface area contributed by atoms with Gasteiger partial charge in [0.05, 0.1) is 5.56 Å². The van der Waals surface area contributed by atoms with Crippen LogP contribution in [0.25, 0.3) is 0 Å². The second-order valence-electron chi connectivity index (χ2n) is 6.07. The van der Waals surface area contributed by atoms with E-state index in [0.29, 0.717) is 11.6 Å². The summed E-state index contributed by atoms with van der Waals surface area (Å²) in [4.78, 5) is 13.5. The van der Waals surface area contributed by atoms with Gasteiger partial charge in [-0.3, -0.25) is 0 Å². The van der Waals surface area contributed by atoms with Crippen molar-refractivity contribution in [2.75, 3.05) is 13.6 Å². The van der Waals surface area contributed by atoms with E-state index in [4.69, 9.17) is 0 Å². The maximum Gasteiger partial charge on any atom is 0.335 e. The molecule has 0 amide bonds. The highest BCUT2D eigenvalue weighted by molar-refractivity contribution is 5.89. The number of carbonyl (C=O) groups is 1. The van der Waals surface area contributed by atoms with Gasteiger partial charge in [0.1, 0.15) is 0 Å². The van der Waals surface area contributed by atoms with Crippen LogP contribution in [0.3, 0.4) is 0 Å². The zero-order chi connectivity index (χ0) is 14.5. The summed E-state index contributed by atoms with van der Waals surface area (Å²) in [6.07, 6.45) is 6.25. The van der Waals surface area contributed by atoms with Crippen LogP contribution in [0.15, 0.2) is 24.3 Å². The summed E-state index contributed by atoms with van der Waals surface area (Å²) in [7, 11) is 2.15. The van der Waals surface area contributed by atoms with Crippen LogP contribution in [0.4, 0.5) is 0 Å². The first-order chi connectivity index (χ1) is 9.58. The van der Waals surface area contributed by atoms with Crippen molar-refractivity contribution in [3.05, 3.63) is 35.4 Å². The van der Waals surface area contributed by atoms with Crippen LogP contribution in [-0.4, -0.2) is 35.6 Å². The van der Waals surface area contributed by atoms with E-state index in [-0.39, 0.29) is 0 Å². The molecule has 0 spiro atoms. The van der Waals surface area contributed by atoms with Gasteiger partial charge in [0.15, 0.2) is 0 Å². The Labute approximate surface area is 121 Å². The molecule has 1 unspecified atom stereocenters. The third-order valence-electron chi connectivity index (χ3n) is 4.63. The minimum absolute atomic E-state index is 0.438. The van der Waals surface area contributed by atoms with Crippen molar-refractivity contribution in [3.63, 3.8) is 0 Å². The van der Waals surface area contributed by atoms with Crippen LogP contribution in [0, 0.1) is 5.92 Å². The molecule has 110 valence electrons. The number of likely N-dealkylation sites (N-methyl/N-ethyl adjacent to an activating group) is 1. The summed E-state index contributed by atoms with van der Waals surface area (Å²) in [6, 6.07) is 7.90. The van der Waals surface area contributed by atoms with Gasteiger partial charge in [-0.05, 0) is 44.4 Å². The molecule has 20 heavy (non-hydrogen) atoms. The summed E-state index contributed by atoms with van der Waals surface area (Å²) in [6.45, 7) is 3.19. The van der Waals surface area contributed by atoms with Gasteiger partial charge in [0.25, 0.3) is 0 Å². The monoisotopic (exact) mass is 275 g/mol. The standard InChI is InChI=1S/C17H25NO2/c1-13(12-14-6-5-7-14)18(2)11-10-15-8-3-4-9-16(15)17(19)20/h3-4,8-9,13-14H,5-7,10-12H2,1-2H3,(H,19,20). The van der Waals surface area contributed by atoms with Crippen LogP contribution in [-0.2, 0) is 6.42 Å². The minimum Gasteiger partial charge on any atom is -0.478 e. The molecule has 1 aliphatic rings. The molecule has 1 aromatic rings. The van der Waals surface area contributed by atoms with E-state index < -0.39 is 5.97 Å². The number of benzene rings is 1. The van der Waals surface area contributed by atoms with Gasteiger partial charge in [-0.1, -0.05) is 37.5 Å². The Kier molecular flexibility index (Phi) is 5.18. The molecule has 1 aromatic carbocycles. The summed E-state index contributed by atoms with van der Waals surface area (Å²) < 4.78 is 0. The Morgan fingerprint density at radius 2 is 2.10 bits per heavy atom. The van der Waals surface area contributed by atoms with E-state index in [1.807, 2.05) is 12.1 Å². The fourth-order valence-electron chi connectivity index (χ4n) is 2.85. The third kappa shape index (κ3) is 3.83. The van der Waals surface area contributed by atoms with Gasteiger partial charge in [-0.25, -0.2) is 4.79 Å². The van der Waals surface area contributed by atoms with Crippen molar-refractivity contribution >= 4 is 5.97 Å². The van der Waals surface area contributed by atoms with Crippen LogP contribution in [0.5, 0.6) is 0 Å². The van der Waals surface area contributed by atoms with Crippen molar-refractivity contribution in [2.45, 2.75) is 45.1 Å². The van der Waals surface area contributed by atoms with E-state index in [9.17, 15) is 9.90 Å². The number of rotatable bonds is 7. The molecule has 0 aromatic heterocycles. The molecule has 2 rings (SSSR count). The first-order valence-corrected chi connectivity index (χ1v) is 7.59. The molecule has 0 bridgehead atoms. The summed E-state index contributed by atoms with van der Waals surface area (Å²) >= 11 is 0. The largest absolute Gasteiger partial charge is 0.478 e. The lowest BCUT2D eigenvalue weighted by Gasteiger charge is -2.32. The Morgan fingerprint density at radius 1 is 1.40 bits per heavy atom. The maximum atomic E-state index is 11.2. The molecule has 1 N–H and O–H groups in total. The number of carboxylic acids is 1. The molecule has 1 fully saturated rings. The summed E-state index contributed by atoms with van der Waals surface area (Å²) in [5.74, 6) is 0.0875. The van der Waals surface area contributed by atoms with Crippen molar-refractivity contribution in [1.82, 2.24) is 4.90 Å². The average Bonchev–Trinajstić information content (AvgIpc) is 2.40. The van der Waals surface area contributed by atoms with Crippen LogP contribution < -0.4 is 0 Å². The smallest absolute Gasteiger partial charge is 0.335 e. The molecule has 1 atom stereocenters. The molecule has 3 nitrogen and oxygen atoms in total. The minimum atomic E-state index is -0.828. The molecular weight excluding hydrogens is 250 g/mol. The molecular formula is C17H25NO2. The SMILES string of the molecule is CC(CC1CCC1)N(C)CCc1ccccc1C(=O)O. The molecule has 0 radical (unpaired) electrons.